The molecule has 1 atom stereocenters. The van der Waals surface area contributed by atoms with E-state index in [-0.39, 0.29) is 22.3 Å². The number of carbonyl (C=O) groups excluding carboxylic acids is 2. The van der Waals surface area contributed by atoms with Crippen molar-refractivity contribution in [2.75, 3.05) is 5.32 Å². The molecule has 0 radical (unpaired) electrons. The molecule has 7 nitrogen and oxygen atoms in total. The third-order valence-corrected chi connectivity index (χ3v) is 5.57. The molecule has 31 heavy (non-hydrogen) atoms. The van der Waals surface area contributed by atoms with Gasteiger partial charge in [0.2, 0.25) is 0 Å². The molecule has 0 saturated carbocycles. The van der Waals surface area contributed by atoms with Crippen molar-refractivity contribution < 1.29 is 22.8 Å². The second-order valence-electron chi connectivity index (χ2n) is 6.86. The molecular formula is C19H13ClF3N5O2S. The van der Waals surface area contributed by atoms with Crippen molar-refractivity contribution in [3.8, 4) is 0 Å². The zero-order valence-corrected chi connectivity index (χ0v) is 17.1. The van der Waals surface area contributed by atoms with Crippen LogP contribution in [-0.2, 0) is 19.0 Å². The van der Waals surface area contributed by atoms with Gasteiger partial charge >= 0.3 is 6.18 Å². The average Bonchev–Trinajstić information content (AvgIpc) is 3.33. The summed E-state index contributed by atoms with van der Waals surface area (Å²) in [5, 5.41) is 9.62. The maximum Gasteiger partial charge on any atom is 0.417 e. The van der Waals surface area contributed by atoms with Crippen molar-refractivity contribution in [3.63, 3.8) is 0 Å². The van der Waals surface area contributed by atoms with E-state index in [4.69, 9.17) is 11.6 Å². The lowest BCUT2D eigenvalue weighted by molar-refractivity contribution is -0.137. The Morgan fingerprint density at radius 1 is 1.10 bits per heavy atom. The summed E-state index contributed by atoms with van der Waals surface area (Å²) in [4.78, 5) is 28.5. The number of nitrogens with one attached hydrogen (secondary N) is 2. The Balaban J connectivity index is 1.44. The van der Waals surface area contributed by atoms with Gasteiger partial charge in [0.15, 0.2) is 5.69 Å². The van der Waals surface area contributed by atoms with Crippen LogP contribution in [0.15, 0.2) is 36.7 Å². The lowest BCUT2D eigenvalue weighted by Crippen LogP contribution is -2.36. The average molecular weight is 468 g/mol. The first-order valence-corrected chi connectivity index (χ1v) is 10.1. The minimum Gasteiger partial charge on any atom is -0.347 e. The van der Waals surface area contributed by atoms with Crippen LogP contribution in [0.25, 0.3) is 0 Å². The lowest BCUT2D eigenvalue weighted by atomic mass is 10.1. The summed E-state index contributed by atoms with van der Waals surface area (Å²) in [5.41, 5.74) is 0.642. The highest BCUT2D eigenvalue weighted by molar-refractivity contribution is 7.10. The van der Waals surface area contributed by atoms with Crippen LogP contribution < -0.4 is 10.6 Å². The third-order valence-electron chi connectivity index (χ3n) is 4.69. The first-order valence-electron chi connectivity index (χ1n) is 8.95. The molecule has 2 N–H and O–H groups in total. The Kier molecular flexibility index (Phi) is 5.63. The Labute approximate surface area is 182 Å². The number of pyridine rings is 1. The number of halogens is 4. The normalized spacial score (nSPS) is 15.4. The predicted octanol–water partition coefficient (Wildman–Crippen LogP) is 3.75. The molecule has 1 aliphatic carbocycles. The summed E-state index contributed by atoms with van der Waals surface area (Å²) in [5.74, 6) is -1.41. The highest BCUT2D eigenvalue weighted by Crippen LogP contribution is 2.29. The van der Waals surface area contributed by atoms with Gasteiger partial charge in [-0.25, -0.2) is 0 Å². The van der Waals surface area contributed by atoms with Crippen LogP contribution in [-0.4, -0.2) is 32.4 Å². The summed E-state index contributed by atoms with van der Waals surface area (Å²) < 4.78 is 42.2. The van der Waals surface area contributed by atoms with E-state index >= 15 is 0 Å². The van der Waals surface area contributed by atoms with Crippen molar-refractivity contribution >= 4 is 39.9 Å². The van der Waals surface area contributed by atoms with Gasteiger partial charge in [0.25, 0.3) is 11.8 Å². The second kappa shape index (κ2) is 8.23. The number of benzene rings is 1. The molecule has 2 aromatic heterocycles. The van der Waals surface area contributed by atoms with Crippen LogP contribution in [0.2, 0.25) is 5.02 Å². The molecule has 4 rings (SSSR count). The maximum absolute atomic E-state index is 12.8. The highest BCUT2D eigenvalue weighted by Gasteiger charge is 2.32. The number of anilines is 1. The van der Waals surface area contributed by atoms with Crippen molar-refractivity contribution in [2.45, 2.75) is 25.1 Å². The van der Waals surface area contributed by atoms with E-state index in [1.807, 2.05) is 12.1 Å². The van der Waals surface area contributed by atoms with Crippen LogP contribution in [0.1, 0.15) is 37.5 Å². The zero-order chi connectivity index (χ0) is 22.2. The van der Waals surface area contributed by atoms with E-state index in [9.17, 15) is 22.8 Å². The summed E-state index contributed by atoms with van der Waals surface area (Å²) in [6.45, 7) is 0. The van der Waals surface area contributed by atoms with E-state index in [1.54, 1.807) is 6.07 Å². The molecule has 1 aromatic carbocycles. The predicted molar refractivity (Wildman–Crippen MR) is 107 cm³/mol. The number of aromatic nitrogens is 3. The fourth-order valence-electron chi connectivity index (χ4n) is 3.26. The van der Waals surface area contributed by atoms with E-state index in [1.165, 1.54) is 0 Å². The Morgan fingerprint density at radius 3 is 2.65 bits per heavy atom. The van der Waals surface area contributed by atoms with E-state index < -0.39 is 23.6 Å². The Hall–Kier alpha value is -3.05. The number of amides is 2. The fourth-order valence-corrected chi connectivity index (χ4v) is 4.02. The standard InChI is InChI=1S/C19H13ClF3N5O2S/c20-13-2-1-9-5-14(6-10(9)4-13)25-17(30)15-18(31-28-27-15)26-16(29)11-3-12(8-24-7-11)19(21,22)23/h1-4,7-8,14H,5-6H2,(H,25,30)(H,26,29). The lowest BCUT2D eigenvalue weighted by Gasteiger charge is -2.11. The number of fused-ring (bicyclic) bond motifs is 1. The molecule has 1 unspecified atom stereocenters. The number of hydrogen-bond acceptors (Lipinski definition) is 6. The second-order valence-corrected chi connectivity index (χ2v) is 8.05. The Morgan fingerprint density at radius 2 is 1.87 bits per heavy atom. The largest absolute Gasteiger partial charge is 0.417 e. The molecule has 12 heteroatoms. The van der Waals surface area contributed by atoms with Crippen LogP contribution in [0.4, 0.5) is 18.2 Å². The summed E-state index contributed by atoms with van der Waals surface area (Å²) in [6.07, 6.45) is -1.80. The van der Waals surface area contributed by atoms with Crippen LogP contribution in [0.5, 0.6) is 0 Å². The first-order chi connectivity index (χ1) is 14.7. The SMILES string of the molecule is O=C(Nc1snnc1C(=O)NC1Cc2ccc(Cl)cc2C1)c1cncc(C(F)(F)F)c1. The van der Waals surface area contributed by atoms with Crippen LogP contribution in [0.3, 0.4) is 0 Å². The highest BCUT2D eigenvalue weighted by atomic mass is 35.5. The molecule has 160 valence electrons. The van der Waals surface area contributed by atoms with Gasteiger partial charge in [0, 0.05) is 35.0 Å². The van der Waals surface area contributed by atoms with E-state index in [0.717, 1.165) is 28.9 Å². The molecule has 0 saturated heterocycles. The van der Waals surface area contributed by atoms with Gasteiger partial charge in [-0.2, -0.15) is 13.2 Å². The van der Waals surface area contributed by atoms with E-state index in [2.05, 4.69) is 25.2 Å². The molecule has 0 spiro atoms. The topological polar surface area (TPSA) is 96.9 Å². The molecule has 0 fully saturated rings. The minimum absolute atomic E-state index is 0.0264. The number of carbonyl (C=O) groups is 2. The summed E-state index contributed by atoms with van der Waals surface area (Å²) in [7, 11) is 0. The van der Waals surface area contributed by atoms with Crippen molar-refractivity contribution in [1.82, 2.24) is 19.9 Å². The van der Waals surface area contributed by atoms with Gasteiger partial charge in [0.1, 0.15) is 5.00 Å². The zero-order valence-electron chi connectivity index (χ0n) is 15.5. The van der Waals surface area contributed by atoms with Crippen LogP contribution in [0, 0.1) is 0 Å². The quantitative estimate of drug-likeness (QED) is 0.609. The smallest absolute Gasteiger partial charge is 0.347 e. The van der Waals surface area contributed by atoms with Gasteiger partial charge in [-0.1, -0.05) is 22.2 Å². The molecule has 1 aliphatic rings. The van der Waals surface area contributed by atoms with E-state index in [0.29, 0.717) is 30.1 Å². The maximum atomic E-state index is 12.8. The molecular weight excluding hydrogens is 455 g/mol. The monoisotopic (exact) mass is 467 g/mol. The Bertz CT molecular complexity index is 1170. The third kappa shape index (κ3) is 4.67. The van der Waals surface area contributed by atoms with Crippen LogP contribution >= 0.6 is 23.1 Å². The molecule has 0 bridgehead atoms. The summed E-state index contributed by atoms with van der Waals surface area (Å²) in [6, 6.07) is 6.03. The number of hydrogen-bond donors (Lipinski definition) is 2. The molecule has 2 heterocycles. The molecule has 2 amide bonds. The number of nitrogens with zero attached hydrogens (tertiary/aromatic N) is 3. The van der Waals surface area contributed by atoms with Crippen molar-refractivity contribution in [3.05, 3.63) is 69.6 Å². The number of rotatable bonds is 4. The van der Waals surface area contributed by atoms with Crippen molar-refractivity contribution in [2.24, 2.45) is 0 Å². The molecule has 3 aromatic rings. The van der Waals surface area contributed by atoms with Gasteiger partial charge in [0.05, 0.1) is 11.1 Å². The molecule has 0 aliphatic heterocycles. The number of alkyl halides is 3. The first kappa shape index (κ1) is 21.2. The van der Waals surface area contributed by atoms with Gasteiger partial charge < -0.3 is 10.6 Å². The summed E-state index contributed by atoms with van der Waals surface area (Å²) >= 11 is 6.75. The van der Waals surface area contributed by atoms with Gasteiger partial charge in [-0.05, 0) is 42.2 Å². The van der Waals surface area contributed by atoms with Gasteiger partial charge in [-0.15, -0.1) is 5.10 Å². The van der Waals surface area contributed by atoms with Gasteiger partial charge in [-0.3, -0.25) is 14.6 Å². The fraction of sp³-hybridized carbons (Fsp3) is 0.211. The minimum atomic E-state index is -4.64. The van der Waals surface area contributed by atoms with Crippen molar-refractivity contribution in [1.29, 1.82) is 0 Å².